The zero-order valence-electron chi connectivity index (χ0n) is 10.5. The smallest absolute Gasteiger partial charge is 0.124 e. The van der Waals surface area contributed by atoms with E-state index in [9.17, 15) is 0 Å². The lowest BCUT2D eigenvalue weighted by molar-refractivity contribution is 0.238. The minimum atomic E-state index is 0.282. The number of nitrogens with zero attached hydrogens (tertiary/aromatic N) is 1. The molecule has 2 nitrogen and oxygen atoms in total. The highest BCUT2D eigenvalue weighted by Crippen LogP contribution is 2.35. The van der Waals surface area contributed by atoms with Crippen molar-refractivity contribution in [2.24, 2.45) is 0 Å². The van der Waals surface area contributed by atoms with Gasteiger partial charge in [-0.25, -0.2) is 0 Å². The Morgan fingerprint density at radius 1 is 1.00 bits per heavy atom. The molecule has 92 valence electrons. The van der Waals surface area contributed by atoms with Crippen molar-refractivity contribution in [3.05, 3.63) is 65.7 Å². The molecule has 0 fully saturated rings. The van der Waals surface area contributed by atoms with Gasteiger partial charge in [0.2, 0.25) is 0 Å². The second-order valence-electron chi connectivity index (χ2n) is 4.68. The zero-order valence-corrected chi connectivity index (χ0v) is 10.5. The van der Waals surface area contributed by atoms with Gasteiger partial charge in [-0.2, -0.15) is 0 Å². The average molecular weight is 239 g/mol. The molecule has 1 heterocycles. The summed E-state index contributed by atoms with van der Waals surface area (Å²) in [6.07, 6.45) is 0. The van der Waals surface area contributed by atoms with E-state index in [1.54, 1.807) is 0 Å². The summed E-state index contributed by atoms with van der Waals surface area (Å²) in [5.74, 6) is 1.01. The summed E-state index contributed by atoms with van der Waals surface area (Å²) in [4.78, 5) is 2.35. The molecule has 0 spiro atoms. The van der Waals surface area contributed by atoms with Gasteiger partial charge in [-0.1, -0.05) is 48.5 Å². The minimum absolute atomic E-state index is 0.282. The Balaban J connectivity index is 2.11. The Hall–Kier alpha value is -1.80. The molecule has 1 unspecified atom stereocenters. The molecule has 1 aliphatic rings. The van der Waals surface area contributed by atoms with Crippen molar-refractivity contribution in [1.82, 2.24) is 4.90 Å². The summed E-state index contributed by atoms with van der Waals surface area (Å²) in [5.41, 5.74) is 2.57. The first-order valence-corrected chi connectivity index (χ1v) is 6.33. The predicted octanol–water partition coefficient (Wildman–Crippen LogP) is 3.10. The highest BCUT2D eigenvalue weighted by molar-refractivity contribution is 5.42. The maximum Gasteiger partial charge on any atom is 0.124 e. The third-order valence-electron chi connectivity index (χ3n) is 3.47. The highest BCUT2D eigenvalue weighted by Gasteiger charge is 2.24. The molecule has 18 heavy (non-hydrogen) atoms. The molecule has 0 aromatic heterocycles. The van der Waals surface area contributed by atoms with Crippen molar-refractivity contribution < 1.29 is 4.74 Å². The number of rotatable bonds is 1. The Labute approximate surface area is 108 Å². The molecule has 2 aromatic rings. The van der Waals surface area contributed by atoms with Crippen LogP contribution in [-0.2, 0) is 0 Å². The van der Waals surface area contributed by atoms with E-state index in [1.165, 1.54) is 11.1 Å². The molecule has 3 rings (SSSR count). The molecule has 0 bridgehead atoms. The van der Waals surface area contributed by atoms with E-state index in [4.69, 9.17) is 4.74 Å². The van der Waals surface area contributed by atoms with E-state index >= 15 is 0 Å². The van der Waals surface area contributed by atoms with Gasteiger partial charge in [-0.3, -0.25) is 4.90 Å². The summed E-state index contributed by atoms with van der Waals surface area (Å²) in [7, 11) is 2.16. The quantitative estimate of drug-likeness (QED) is 0.758. The summed E-state index contributed by atoms with van der Waals surface area (Å²) in [5, 5.41) is 0. The van der Waals surface area contributed by atoms with Gasteiger partial charge in [0.1, 0.15) is 12.4 Å². The molecule has 0 amide bonds. The number of hydrogen-bond donors (Lipinski definition) is 0. The number of likely N-dealkylation sites (N-methyl/N-ethyl adjacent to an activating group) is 1. The van der Waals surface area contributed by atoms with E-state index in [2.05, 4.69) is 60.5 Å². The van der Waals surface area contributed by atoms with Gasteiger partial charge >= 0.3 is 0 Å². The molecule has 0 saturated heterocycles. The van der Waals surface area contributed by atoms with Crippen molar-refractivity contribution in [3.8, 4) is 5.75 Å². The second-order valence-corrected chi connectivity index (χ2v) is 4.68. The minimum Gasteiger partial charge on any atom is -0.492 e. The molecule has 0 aliphatic carbocycles. The van der Waals surface area contributed by atoms with Crippen LogP contribution < -0.4 is 4.74 Å². The van der Waals surface area contributed by atoms with Crippen LogP contribution in [0.2, 0.25) is 0 Å². The third kappa shape index (κ3) is 2.00. The normalized spacial score (nSPS) is 19.7. The first-order chi connectivity index (χ1) is 8.86. The largest absolute Gasteiger partial charge is 0.492 e. The Bertz CT molecular complexity index is 524. The van der Waals surface area contributed by atoms with E-state index in [1.807, 2.05) is 6.07 Å². The van der Waals surface area contributed by atoms with Crippen LogP contribution in [0.3, 0.4) is 0 Å². The van der Waals surface area contributed by atoms with E-state index in [0.717, 1.165) is 18.9 Å². The van der Waals surface area contributed by atoms with Gasteiger partial charge in [0, 0.05) is 12.1 Å². The Morgan fingerprint density at radius 2 is 1.72 bits per heavy atom. The molecule has 1 atom stereocenters. The van der Waals surface area contributed by atoms with Crippen molar-refractivity contribution in [2.45, 2.75) is 6.04 Å². The van der Waals surface area contributed by atoms with Crippen LogP contribution in [0.1, 0.15) is 17.2 Å². The fourth-order valence-corrected chi connectivity index (χ4v) is 2.57. The standard InChI is InChI=1S/C16H17NO/c1-17-11-12-18-15-10-6-5-9-14(15)16(17)13-7-3-2-4-8-13/h2-10,16H,11-12H2,1H3. The molecule has 2 heteroatoms. The van der Waals surface area contributed by atoms with Crippen LogP contribution in [0.15, 0.2) is 54.6 Å². The van der Waals surface area contributed by atoms with Gasteiger partial charge in [0.15, 0.2) is 0 Å². The highest BCUT2D eigenvalue weighted by atomic mass is 16.5. The first kappa shape index (κ1) is 11.3. The lowest BCUT2D eigenvalue weighted by Gasteiger charge is -2.26. The van der Waals surface area contributed by atoms with Crippen molar-refractivity contribution in [2.75, 3.05) is 20.2 Å². The summed E-state index contributed by atoms with van der Waals surface area (Å²) in [6.45, 7) is 1.69. The lowest BCUT2D eigenvalue weighted by atomic mass is 9.97. The van der Waals surface area contributed by atoms with E-state index in [0.29, 0.717) is 0 Å². The maximum atomic E-state index is 5.83. The second kappa shape index (κ2) is 4.83. The van der Waals surface area contributed by atoms with Gasteiger partial charge in [-0.15, -0.1) is 0 Å². The number of hydrogen-bond acceptors (Lipinski definition) is 2. The van der Waals surface area contributed by atoms with Gasteiger partial charge in [0.05, 0.1) is 6.04 Å². The lowest BCUT2D eigenvalue weighted by Crippen LogP contribution is -2.26. The number of fused-ring (bicyclic) bond motifs is 1. The summed E-state index contributed by atoms with van der Waals surface area (Å²) >= 11 is 0. The average Bonchev–Trinajstić information content (AvgIpc) is 2.58. The van der Waals surface area contributed by atoms with Crippen LogP contribution in [-0.4, -0.2) is 25.1 Å². The fourth-order valence-electron chi connectivity index (χ4n) is 2.57. The third-order valence-corrected chi connectivity index (χ3v) is 3.47. The van der Waals surface area contributed by atoms with E-state index < -0.39 is 0 Å². The van der Waals surface area contributed by atoms with E-state index in [-0.39, 0.29) is 6.04 Å². The van der Waals surface area contributed by atoms with Gasteiger partial charge < -0.3 is 4.74 Å². The first-order valence-electron chi connectivity index (χ1n) is 6.33. The number of benzene rings is 2. The van der Waals surface area contributed by atoms with Crippen LogP contribution in [0.4, 0.5) is 0 Å². The van der Waals surface area contributed by atoms with Gasteiger partial charge in [0.25, 0.3) is 0 Å². The van der Waals surface area contributed by atoms with Crippen molar-refractivity contribution in [1.29, 1.82) is 0 Å². The van der Waals surface area contributed by atoms with Crippen LogP contribution >= 0.6 is 0 Å². The molecule has 1 aliphatic heterocycles. The Kier molecular flexibility index (Phi) is 3.03. The zero-order chi connectivity index (χ0) is 12.4. The fraction of sp³-hybridized carbons (Fsp3) is 0.250. The van der Waals surface area contributed by atoms with Gasteiger partial charge in [-0.05, 0) is 18.7 Å². The van der Waals surface area contributed by atoms with Crippen molar-refractivity contribution in [3.63, 3.8) is 0 Å². The monoisotopic (exact) mass is 239 g/mol. The molecule has 0 radical (unpaired) electrons. The topological polar surface area (TPSA) is 12.5 Å². The summed E-state index contributed by atoms with van der Waals surface area (Å²) in [6, 6.07) is 19.2. The predicted molar refractivity (Wildman–Crippen MR) is 72.9 cm³/mol. The molecular formula is C16H17NO. The molecule has 2 aromatic carbocycles. The SMILES string of the molecule is CN1CCOc2ccccc2C1c1ccccc1. The maximum absolute atomic E-state index is 5.83. The van der Waals surface area contributed by atoms with Crippen molar-refractivity contribution >= 4 is 0 Å². The molecular weight excluding hydrogens is 222 g/mol. The van der Waals surface area contributed by atoms with Crippen LogP contribution in [0.5, 0.6) is 5.75 Å². The number of para-hydroxylation sites is 1. The summed E-state index contributed by atoms with van der Waals surface area (Å²) < 4.78 is 5.83. The number of ether oxygens (including phenoxy) is 1. The molecule has 0 N–H and O–H groups in total. The van der Waals surface area contributed by atoms with Crippen LogP contribution in [0.25, 0.3) is 0 Å². The molecule has 0 saturated carbocycles. The Morgan fingerprint density at radius 3 is 2.56 bits per heavy atom. The van der Waals surface area contributed by atoms with Crippen LogP contribution in [0, 0.1) is 0 Å².